The highest BCUT2D eigenvalue weighted by Gasteiger charge is 2.27. The van der Waals surface area contributed by atoms with Gasteiger partial charge in [-0.2, -0.15) is 11.8 Å². The summed E-state index contributed by atoms with van der Waals surface area (Å²) in [6.45, 7) is 1.39. The van der Waals surface area contributed by atoms with Crippen LogP contribution in [0.4, 0.5) is 4.39 Å². The van der Waals surface area contributed by atoms with Crippen LogP contribution in [0.2, 0.25) is 0 Å². The van der Waals surface area contributed by atoms with Gasteiger partial charge in [0.05, 0.1) is 5.92 Å². The molecule has 0 saturated heterocycles. The van der Waals surface area contributed by atoms with Gasteiger partial charge >= 0.3 is 0 Å². The number of carbonyl (C=O) groups excluding carboxylic acids is 1. The van der Waals surface area contributed by atoms with Crippen LogP contribution in [0.1, 0.15) is 43.0 Å². The summed E-state index contributed by atoms with van der Waals surface area (Å²) in [6, 6.07) is 6.83. The molecule has 0 radical (unpaired) electrons. The number of benzene rings is 1. The highest BCUT2D eigenvalue weighted by molar-refractivity contribution is 7.98. The minimum atomic E-state index is -0.261. The van der Waals surface area contributed by atoms with Crippen molar-refractivity contribution in [3.8, 4) is 0 Å². The number of halogens is 1. The van der Waals surface area contributed by atoms with E-state index in [0.717, 1.165) is 43.5 Å². The molecule has 1 unspecified atom stereocenters. The number of nitrogens with zero attached hydrogens (tertiary/aromatic N) is 4. The normalized spacial score (nSPS) is 16.9. The summed E-state index contributed by atoms with van der Waals surface area (Å²) in [5.41, 5.74) is 0.724. The third kappa shape index (κ3) is 4.78. The first kappa shape index (κ1) is 17.8. The van der Waals surface area contributed by atoms with Crippen LogP contribution in [0.15, 0.2) is 24.3 Å². The van der Waals surface area contributed by atoms with Gasteiger partial charge in [-0.3, -0.25) is 4.79 Å². The molecule has 0 bridgehead atoms. The van der Waals surface area contributed by atoms with Crippen molar-refractivity contribution < 1.29 is 9.18 Å². The largest absolute Gasteiger partial charge is 0.355 e. The lowest BCUT2D eigenvalue weighted by Gasteiger charge is -2.13. The Morgan fingerprint density at radius 2 is 2.24 bits per heavy atom. The average Bonchev–Trinajstić information content (AvgIpc) is 2.98. The molecule has 1 aromatic heterocycles. The third-order valence-electron chi connectivity index (χ3n) is 4.28. The van der Waals surface area contributed by atoms with Gasteiger partial charge in [-0.25, -0.2) is 9.07 Å². The van der Waals surface area contributed by atoms with Gasteiger partial charge in [0.15, 0.2) is 5.82 Å². The minimum Gasteiger partial charge on any atom is -0.355 e. The second-order valence-electron chi connectivity index (χ2n) is 6.10. The molecule has 1 aromatic carbocycles. The van der Waals surface area contributed by atoms with E-state index >= 15 is 0 Å². The van der Waals surface area contributed by atoms with Gasteiger partial charge in [0.2, 0.25) is 5.91 Å². The van der Waals surface area contributed by atoms with Crippen LogP contribution in [0.25, 0.3) is 0 Å². The number of fused-ring (bicyclic) bond motifs is 1. The summed E-state index contributed by atoms with van der Waals surface area (Å²) >= 11 is 1.67. The SMILES string of the molecule is O=C(NCCCSCc1ccccc1F)C1CCCCn2nnnc21. The molecule has 0 saturated carbocycles. The molecule has 1 N–H and O–H groups in total. The maximum absolute atomic E-state index is 13.5. The van der Waals surface area contributed by atoms with Gasteiger partial charge in [-0.15, -0.1) is 5.10 Å². The molecule has 2 heterocycles. The fourth-order valence-electron chi connectivity index (χ4n) is 2.91. The molecule has 0 fully saturated rings. The van der Waals surface area contributed by atoms with Crippen LogP contribution in [0.3, 0.4) is 0 Å². The fourth-order valence-corrected chi connectivity index (χ4v) is 3.86. The molecule has 1 atom stereocenters. The fraction of sp³-hybridized carbons (Fsp3) is 0.529. The zero-order valence-electron chi connectivity index (χ0n) is 14.0. The molecule has 3 rings (SSSR count). The lowest BCUT2D eigenvalue weighted by molar-refractivity contribution is -0.122. The van der Waals surface area contributed by atoms with Crippen molar-refractivity contribution in [2.24, 2.45) is 0 Å². The predicted octanol–water partition coefficient (Wildman–Crippen LogP) is 2.52. The highest BCUT2D eigenvalue weighted by Crippen LogP contribution is 2.24. The van der Waals surface area contributed by atoms with Gasteiger partial charge in [0.25, 0.3) is 0 Å². The van der Waals surface area contributed by atoms with Crippen molar-refractivity contribution in [1.82, 2.24) is 25.5 Å². The van der Waals surface area contributed by atoms with Crippen molar-refractivity contribution in [3.05, 3.63) is 41.5 Å². The molecule has 8 heteroatoms. The van der Waals surface area contributed by atoms with Crippen LogP contribution in [0.5, 0.6) is 0 Å². The highest BCUT2D eigenvalue weighted by atomic mass is 32.2. The summed E-state index contributed by atoms with van der Waals surface area (Å²) in [4.78, 5) is 12.4. The summed E-state index contributed by atoms with van der Waals surface area (Å²) in [6.07, 6.45) is 3.62. The van der Waals surface area contributed by atoms with Gasteiger partial charge in [-0.1, -0.05) is 24.6 Å². The monoisotopic (exact) mass is 363 g/mol. The Kier molecular flexibility index (Phi) is 6.38. The number of nitrogens with one attached hydrogen (secondary N) is 1. The number of thioether (sulfide) groups is 1. The Morgan fingerprint density at radius 3 is 3.12 bits per heavy atom. The van der Waals surface area contributed by atoms with Crippen LogP contribution in [0, 0.1) is 5.82 Å². The third-order valence-corrected chi connectivity index (χ3v) is 5.37. The zero-order chi connectivity index (χ0) is 17.5. The molecule has 0 spiro atoms. The van der Waals surface area contributed by atoms with Crippen molar-refractivity contribution >= 4 is 17.7 Å². The zero-order valence-corrected chi connectivity index (χ0v) is 14.8. The quantitative estimate of drug-likeness (QED) is 0.765. The Labute approximate surface area is 150 Å². The Hall–Kier alpha value is -1.96. The summed E-state index contributed by atoms with van der Waals surface area (Å²) in [5, 5.41) is 14.6. The van der Waals surface area contributed by atoms with Crippen molar-refractivity contribution in [3.63, 3.8) is 0 Å². The van der Waals surface area contributed by atoms with Crippen LogP contribution in [-0.2, 0) is 17.1 Å². The van der Waals surface area contributed by atoms with Gasteiger partial charge < -0.3 is 5.32 Å². The molecule has 134 valence electrons. The molecule has 6 nitrogen and oxygen atoms in total. The molecular formula is C17H22FN5OS. The number of amides is 1. The molecule has 2 aromatic rings. The second kappa shape index (κ2) is 8.94. The van der Waals surface area contributed by atoms with Crippen molar-refractivity contribution in [2.45, 2.75) is 43.9 Å². The Balaban J connectivity index is 1.38. The minimum absolute atomic E-state index is 0.00273. The number of rotatable bonds is 7. The Morgan fingerprint density at radius 1 is 1.36 bits per heavy atom. The van der Waals surface area contributed by atoms with E-state index in [9.17, 15) is 9.18 Å². The number of aryl methyl sites for hydroxylation is 1. The van der Waals surface area contributed by atoms with Crippen LogP contribution < -0.4 is 5.32 Å². The van der Waals surface area contributed by atoms with Gasteiger partial charge in [0.1, 0.15) is 5.82 Å². The first-order valence-corrected chi connectivity index (χ1v) is 9.76. The topological polar surface area (TPSA) is 72.7 Å². The molecule has 1 aliphatic heterocycles. The van der Waals surface area contributed by atoms with E-state index in [0.29, 0.717) is 18.1 Å². The first-order valence-electron chi connectivity index (χ1n) is 8.60. The van der Waals surface area contributed by atoms with E-state index in [1.807, 2.05) is 6.07 Å². The standard InChI is InChI=1S/C17H22FN5OS/c18-15-8-2-1-6-13(15)12-25-11-5-9-19-17(24)14-7-3-4-10-23-16(14)20-21-22-23/h1-2,6,8,14H,3-5,7,9-12H2,(H,19,24). The van der Waals surface area contributed by atoms with Crippen molar-refractivity contribution in [1.29, 1.82) is 0 Å². The van der Waals surface area contributed by atoms with E-state index in [4.69, 9.17) is 0 Å². The van der Waals surface area contributed by atoms with Crippen LogP contribution >= 0.6 is 11.8 Å². The molecular weight excluding hydrogens is 341 g/mol. The van der Waals surface area contributed by atoms with E-state index < -0.39 is 0 Å². The van der Waals surface area contributed by atoms with E-state index in [1.165, 1.54) is 6.07 Å². The second-order valence-corrected chi connectivity index (χ2v) is 7.20. The summed E-state index contributed by atoms with van der Waals surface area (Å²) < 4.78 is 15.3. The molecule has 25 heavy (non-hydrogen) atoms. The number of tetrazole rings is 1. The lowest BCUT2D eigenvalue weighted by atomic mass is 10.0. The smallest absolute Gasteiger partial charge is 0.230 e. The first-order chi connectivity index (χ1) is 12.3. The molecule has 1 aliphatic rings. The van der Waals surface area contributed by atoms with E-state index in [-0.39, 0.29) is 17.6 Å². The van der Waals surface area contributed by atoms with E-state index in [2.05, 4.69) is 20.8 Å². The van der Waals surface area contributed by atoms with Crippen LogP contribution in [-0.4, -0.2) is 38.4 Å². The number of hydrogen-bond acceptors (Lipinski definition) is 5. The maximum Gasteiger partial charge on any atom is 0.230 e. The summed E-state index contributed by atoms with van der Waals surface area (Å²) in [7, 11) is 0. The molecule has 1 amide bonds. The summed E-state index contributed by atoms with van der Waals surface area (Å²) in [5.74, 6) is 1.77. The number of carbonyl (C=O) groups is 1. The predicted molar refractivity (Wildman–Crippen MR) is 94.6 cm³/mol. The number of aromatic nitrogens is 4. The Bertz CT molecular complexity index is 708. The lowest BCUT2D eigenvalue weighted by Crippen LogP contribution is -2.31. The van der Waals surface area contributed by atoms with Gasteiger partial charge in [0, 0.05) is 18.8 Å². The van der Waals surface area contributed by atoms with Crippen molar-refractivity contribution in [2.75, 3.05) is 12.3 Å². The van der Waals surface area contributed by atoms with E-state index in [1.54, 1.807) is 28.6 Å². The number of hydrogen-bond donors (Lipinski definition) is 1. The molecule has 0 aliphatic carbocycles. The maximum atomic E-state index is 13.5. The van der Waals surface area contributed by atoms with Gasteiger partial charge in [-0.05, 0) is 47.1 Å². The average molecular weight is 363 g/mol.